The molecule has 72 valence electrons. The molecular weight excluding hydrogens is 255 g/mol. The van der Waals surface area contributed by atoms with Gasteiger partial charge in [-0.2, -0.15) is 0 Å². The molecule has 0 bridgehead atoms. The van der Waals surface area contributed by atoms with Crippen LogP contribution in [0.15, 0.2) is 10.7 Å². The van der Waals surface area contributed by atoms with E-state index in [4.69, 9.17) is 16.3 Å². The first kappa shape index (κ1) is 9.53. The molecule has 2 aliphatic rings. The second-order valence-corrected chi connectivity index (χ2v) is 4.99. The van der Waals surface area contributed by atoms with E-state index in [0.717, 1.165) is 19.3 Å². The number of alkyl halides is 1. The number of halogens is 2. The first-order chi connectivity index (χ1) is 6.18. The summed E-state index contributed by atoms with van der Waals surface area (Å²) in [5.74, 6) is 0.109. The summed E-state index contributed by atoms with van der Waals surface area (Å²) < 4.78 is 5.97. The number of carbonyl (C=O) groups excluding carboxylic acids is 1. The van der Waals surface area contributed by atoms with Gasteiger partial charge in [0.05, 0.1) is 10.4 Å². The summed E-state index contributed by atoms with van der Waals surface area (Å²) in [5, 5.41) is 0.132. The Balaban J connectivity index is 2.17. The van der Waals surface area contributed by atoms with Crippen LogP contribution >= 0.6 is 27.5 Å². The third-order valence-electron chi connectivity index (χ3n) is 2.64. The highest BCUT2D eigenvalue weighted by molar-refractivity contribution is 9.12. The topological polar surface area (TPSA) is 26.3 Å². The Morgan fingerprint density at radius 1 is 1.54 bits per heavy atom. The van der Waals surface area contributed by atoms with E-state index in [2.05, 4.69) is 15.9 Å². The van der Waals surface area contributed by atoms with Crippen LogP contribution in [-0.4, -0.2) is 17.3 Å². The lowest BCUT2D eigenvalue weighted by molar-refractivity contribution is -0.125. The number of hydrogen-bond donors (Lipinski definition) is 0. The Labute approximate surface area is 90.4 Å². The maximum absolute atomic E-state index is 11.7. The third-order valence-corrected chi connectivity index (χ3v) is 3.62. The zero-order valence-electron chi connectivity index (χ0n) is 7.00. The highest BCUT2D eigenvalue weighted by Gasteiger charge is 2.38. The van der Waals surface area contributed by atoms with Crippen LogP contribution in [0.2, 0.25) is 0 Å². The smallest absolute Gasteiger partial charge is 0.179 e. The van der Waals surface area contributed by atoms with Gasteiger partial charge in [0.25, 0.3) is 0 Å². The van der Waals surface area contributed by atoms with Gasteiger partial charge in [-0.3, -0.25) is 4.79 Å². The van der Waals surface area contributed by atoms with E-state index in [1.807, 2.05) is 0 Å². The van der Waals surface area contributed by atoms with Crippen LogP contribution in [0.5, 0.6) is 0 Å². The number of fused-ring (bicyclic) bond motifs is 1. The molecule has 0 aromatic heterocycles. The summed E-state index contributed by atoms with van der Waals surface area (Å²) in [6, 6.07) is 0. The average Bonchev–Trinajstić information content (AvgIpc) is 2.12. The van der Waals surface area contributed by atoms with E-state index in [9.17, 15) is 4.79 Å². The van der Waals surface area contributed by atoms with Crippen molar-refractivity contribution in [3.05, 3.63) is 10.7 Å². The lowest BCUT2D eigenvalue weighted by Crippen LogP contribution is -2.38. The molecule has 1 aliphatic heterocycles. The van der Waals surface area contributed by atoms with Crippen molar-refractivity contribution < 1.29 is 9.53 Å². The monoisotopic (exact) mass is 264 g/mol. The van der Waals surface area contributed by atoms with Gasteiger partial charge in [-0.25, -0.2) is 0 Å². The Morgan fingerprint density at radius 3 is 3.08 bits per heavy atom. The number of rotatable bonds is 0. The number of ketones is 1. The van der Waals surface area contributed by atoms with E-state index in [1.165, 1.54) is 6.26 Å². The molecule has 0 N–H and O–H groups in total. The summed E-state index contributed by atoms with van der Waals surface area (Å²) in [6.07, 6.45) is 4.15. The van der Waals surface area contributed by atoms with Crippen molar-refractivity contribution in [1.82, 2.24) is 0 Å². The van der Waals surface area contributed by atoms with Crippen molar-refractivity contribution in [2.24, 2.45) is 5.92 Å². The summed E-state index contributed by atoms with van der Waals surface area (Å²) in [6.45, 7) is 0. The fourth-order valence-electron chi connectivity index (χ4n) is 1.91. The zero-order valence-corrected chi connectivity index (χ0v) is 9.35. The molecule has 13 heavy (non-hydrogen) atoms. The van der Waals surface area contributed by atoms with Crippen molar-refractivity contribution in [3.8, 4) is 0 Å². The molecule has 1 saturated carbocycles. The molecule has 1 aliphatic carbocycles. The van der Waals surface area contributed by atoms with Crippen LogP contribution in [0.1, 0.15) is 19.3 Å². The van der Waals surface area contributed by atoms with Crippen LogP contribution in [-0.2, 0) is 9.53 Å². The lowest BCUT2D eigenvalue weighted by atomic mass is 9.82. The zero-order chi connectivity index (χ0) is 9.42. The van der Waals surface area contributed by atoms with E-state index in [0.29, 0.717) is 4.48 Å². The fraction of sp³-hybridized carbons (Fsp3) is 0.667. The molecule has 0 spiro atoms. The molecular formula is C9H10BrClO2. The lowest BCUT2D eigenvalue weighted by Gasteiger charge is -2.34. The largest absolute Gasteiger partial charge is 0.496 e. The molecule has 0 saturated heterocycles. The SMILES string of the molecule is O=C1C(Br)=COC2CCC(Cl)CC12. The quantitative estimate of drug-likeness (QED) is 0.629. The highest BCUT2D eigenvalue weighted by atomic mass is 79.9. The number of carbonyl (C=O) groups is 1. The first-order valence-corrected chi connectivity index (χ1v) is 5.61. The minimum atomic E-state index is -0.0318. The van der Waals surface area contributed by atoms with E-state index in [1.54, 1.807) is 0 Å². The van der Waals surface area contributed by atoms with Gasteiger partial charge in [-0.15, -0.1) is 11.6 Å². The van der Waals surface area contributed by atoms with Crippen LogP contribution < -0.4 is 0 Å². The van der Waals surface area contributed by atoms with Gasteiger partial charge >= 0.3 is 0 Å². The molecule has 1 heterocycles. The number of hydrogen-bond acceptors (Lipinski definition) is 2. The van der Waals surface area contributed by atoms with E-state index >= 15 is 0 Å². The van der Waals surface area contributed by atoms with Crippen molar-refractivity contribution in [2.75, 3.05) is 0 Å². The minimum Gasteiger partial charge on any atom is -0.496 e. The Kier molecular flexibility index (Phi) is 2.65. The summed E-state index contributed by atoms with van der Waals surface area (Å²) in [7, 11) is 0. The van der Waals surface area contributed by atoms with Crippen molar-refractivity contribution in [3.63, 3.8) is 0 Å². The average molecular weight is 266 g/mol. The molecule has 2 nitrogen and oxygen atoms in total. The predicted octanol–water partition coefficient (Wildman–Crippen LogP) is 2.60. The van der Waals surface area contributed by atoms with Crippen molar-refractivity contribution in [1.29, 1.82) is 0 Å². The Bertz CT molecular complexity index is 264. The van der Waals surface area contributed by atoms with Gasteiger partial charge in [-0.1, -0.05) is 0 Å². The fourth-order valence-corrected chi connectivity index (χ4v) is 2.63. The van der Waals surface area contributed by atoms with Crippen LogP contribution in [0.4, 0.5) is 0 Å². The molecule has 4 heteroatoms. The number of Topliss-reactive ketones (excluding diaryl/α,β-unsaturated/α-hetero) is 1. The molecule has 0 amide bonds. The van der Waals surface area contributed by atoms with Crippen LogP contribution in [0.25, 0.3) is 0 Å². The van der Waals surface area contributed by atoms with Gasteiger partial charge in [-0.05, 0) is 35.2 Å². The summed E-state index contributed by atoms with van der Waals surface area (Å²) >= 11 is 9.19. The standard InChI is InChI=1S/C9H10BrClO2/c10-7-4-13-8-2-1-5(11)3-6(8)9(7)12/h4-6,8H,1-3H2. The molecule has 3 unspecified atom stereocenters. The van der Waals surface area contributed by atoms with Crippen LogP contribution in [0.3, 0.4) is 0 Å². The van der Waals surface area contributed by atoms with E-state index in [-0.39, 0.29) is 23.2 Å². The van der Waals surface area contributed by atoms with Crippen LogP contribution in [0, 0.1) is 5.92 Å². The molecule has 0 radical (unpaired) electrons. The minimum absolute atomic E-state index is 0.0318. The normalized spacial score (nSPS) is 39.1. The first-order valence-electron chi connectivity index (χ1n) is 4.38. The number of ether oxygens (including phenoxy) is 1. The van der Waals surface area contributed by atoms with E-state index < -0.39 is 0 Å². The molecule has 1 fully saturated rings. The second-order valence-electron chi connectivity index (χ2n) is 3.52. The molecule has 0 aromatic carbocycles. The van der Waals surface area contributed by atoms with Gasteiger partial charge in [0.2, 0.25) is 0 Å². The Morgan fingerprint density at radius 2 is 2.31 bits per heavy atom. The van der Waals surface area contributed by atoms with Gasteiger partial charge in [0.1, 0.15) is 12.4 Å². The van der Waals surface area contributed by atoms with Crippen molar-refractivity contribution in [2.45, 2.75) is 30.7 Å². The predicted molar refractivity (Wildman–Crippen MR) is 53.9 cm³/mol. The molecule has 0 aromatic rings. The highest BCUT2D eigenvalue weighted by Crippen LogP contribution is 2.36. The van der Waals surface area contributed by atoms with Gasteiger partial charge in [0, 0.05) is 5.38 Å². The summed E-state index contributed by atoms with van der Waals surface area (Å²) in [5.41, 5.74) is 0. The molecule has 2 rings (SSSR count). The second kappa shape index (κ2) is 3.62. The number of allylic oxidation sites excluding steroid dienone is 1. The van der Waals surface area contributed by atoms with Gasteiger partial charge in [0.15, 0.2) is 5.78 Å². The maximum Gasteiger partial charge on any atom is 0.179 e. The van der Waals surface area contributed by atoms with Gasteiger partial charge < -0.3 is 4.74 Å². The maximum atomic E-state index is 11.7. The van der Waals surface area contributed by atoms with Crippen molar-refractivity contribution >= 4 is 33.3 Å². The third kappa shape index (κ3) is 1.77. The Hall–Kier alpha value is -0.0200. The summed E-state index contributed by atoms with van der Waals surface area (Å²) in [4.78, 5) is 11.7. The molecule has 3 atom stereocenters.